The molecule has 1 aliphatic carbocycles. The third kappa shape index (κ3) is 4.50. The van der Waals surface area contributed by atoms with Crippen molar-refractivity contribution in [2.45, 2.75) is 42.7 Å². The van der Waals surface area contributed by atoms with E-state index in [4.69, 9.17) is 11.6 Å². The smallest absolute Gasteiger partial charge is 0.192 e. The summed E-state index contributed by atoms with van der Waals surface area (Å²) in [5.74, 6) is -0.332. The van der Waals surface area contributed by atoms with Crippen molar-refractivity contribution in [2.75, 3.05) is 10.0 Å². The summed E-state index contributed by atoms with van der Waals surface area (Å²) in [4.78, 5) is 4.51. The number of aliphatic hydroxyl groups excluding tert-OH is 1. The minimum atomic E-state index is -0.332. The van der Waals surface area contributed by atoms with Gasteiger partial charge in [0.25, 0.3) is 0 Å². The molecule has 124 valence electrons. The second kappa shape index (κ2) is 7.70. The first kappa shape index (κ1) is 16.8. The molecule has 0 aliphatic heterocycles. The van der Waals surface area contributed by atoms with E-state index < -0.39 is 0 Å². The van der Waals surface area contributed by atoms with Gasteiger partial charge in [-0.3, -0.25) is 0 Å². The van der Waals surface area contributed by atoms with Crippen LogP contribution >= 0.6 is 34.9 Å². The molecule has 4 nitrogen and oxygen atoms in total. The number of aromatic nitrogens is 1. The molecular weight excluding hydrogens is 357 g/mol. The lowest BCUT2D eigenvalue weighted by atomic mass is 9.93. The lowest BCUT2D eigenvalue weighted by Crippen LogP contribution is -2.28. The Labute approximate surface area is 147 Å². The molecule has 0 unspecified atom stereocenters. The van der Waals surface area contributed by atoms with E-state index in [9.17, 15) is 9.50 Å². The zero-order valence-corrected chi connectivity index (χ0v) is 14.6. The zero-order valence-electron chi connectivity index (χ0n) is 12.3. The Balaban J connectivity index is 1.64. The van der Waals surface area contributed by atoms with E-state index in [1.54, 1.807) is 12.3 Å². The van der Waals surface area contributed by atoms with Crippen molar-refractivity contribution in [3.63, 3.8) is 0 Å². The minimum Gasteiger partial charge on any atom is -0.393 e. The van der Waals surface area contributed by atoms with Gasteiger partial charge in [-0.25, -0.2) is 9.37 Å². The summed E-state index contributed by atoms with van der Waals surface area (Å²) in [6.45, 7) is 0. The van der Waals surface area contributed by atoms with Crippen LogP contribution in [-0.4, -0.2) is 22.2 Å². The number of aliphatic hydroxyl groups is 1. The highest BCUT2D eigenvalue weighted by Crippen LogP contribution is 2.33. The van der Waals surface area contributed by atoms with Gasteiger partial charge in [-0.05, 0) is 49.8 Å². The maximum absolute atomic E-state index is 14.3. The van der Waals surface area contributed by atoms with Gasteiger partial charge in [0.05, 0.1) is 21.7 Å². The Kier molecular flexibility index (Phi) is 5.63. The van der Waals surface area contributed by atoms with Crippen molar-refractivity contribution in [3.8, 4) is 0 Å². The highest BCUT2D eigenvalue weighted by atomic mass is 35.5. The predicted molar refractivity (Wildman–Crippen MR) is 94.9 cm³/mol. The second-order valence-corrected chi connectivity index (χ2v) is 7.60. The van der Waals surface area contributed by atoms with Crippen molar-refractivity contribution >= 4 is 45.7 Å². The molecule has 0 bridgehead atoms. The Hall–Kier alpha value is -1.02. The monoisotopic (exact) mass is 373 g/mol. The standard InChI is InChI=1S/C15H17ClFN3OS2/c16-11-7-14(23-20-15-18-5-6-22-15)12(17)8-13(11)19-9-1-3-10(21)4-2-9/h5-10,19,21H,1-4H2,(H,18,20). The van der Waals surface area contributed by atoms with Crippen LogP contribution in [0.4, 0.5) is 15.2 Å². The molecule has 1 aromatic carbocycles. The number of thiazole rings is 1. The number of rotatable bonds is 5. The van der Waals surface area contributed by atoms with Gasteiger partial charge in [-0.2, -0.15) is 0 Å². The van der Waals surface area contributed by atoms with E-state index in [2.05, 4.69) is 15.0 Å². The van der Waals surface area contributed by atoms with E-state index in [0.717, 1.165) is 37.6 Å². The lowest BCUT2D eigenvalue weighted by molar-refractivity contribution is 0.126. The SMILES string of the molecule is OC1CCC(Nc2cc(F)c(SNc3nccs3)cc2Cl)CC1. The molecule has 0 radical (unpaired) electrons. The molecule has 23 heavy (non-hydrogen) atoms. The Morgan fingerprint density at radius 3 is 2.78 bits per heavy atom. The number of benzene rings is 1. The lowest BCUT2D eigenvalue weighted by Gasteiger charge is -2.27. The number of nitrogens with one attached hydrogen (secondary N) is 2. The second-order valence-electron chi connectivity index (χ2n) is 5.45. The summed E-state index contributed by atoms with van der Waals surface area (Å²) in [5.41, 5.74) is 0.601. The number of hydrogen-bond donors (Lipinski definition) is 3. The van der Waals surface area contributed by atoms with Crippen molar-refractivity contribution in [1.82, 2.24) is 4.98 Å². The summed E-state index contributed by atoms with van der Waals surface area (Å²) in [7, 11) is 0. The molecule has 0 spiro atoms. The van der Waals surface area contributed by atoms with Crippen LogP contribution in [0.1, 0.15) is 25.7 Å². The molecule has 0 atom stereocenters. The molecular formula is C15H17ClFN3OS2. The Morgan fingerprint density at radius 1 is 1.30 bits per heavy atom. The quantitative estimate of drug-likeness (QED) is 0.659. The third-order valence-corrected chi connectivity index (χ3v) is 5.72. The van der Waals surface area contributed by atoms with Gasteiger partial charge in [-0.15, -0.1) is 11.3 Å². The van der Waals surface area contributed by atoms with Gasteiger partial charge in [0.1, 0.15) is 5.82 Å². The molecule has 0 saturated heterocycles. The molecule has 3 rings (SSSR count). The summed E-state index contributed by atoms with van der Waals surface area (Å²) in [6, 6.07) is 3.27. The van der Waals surface area contributed by atoms with E-state index in [0.29, 0.717) is 20.7 Å². The van der Waals surface area contributed by atoms with Crippen LogP contribution in [0, 0.1) is 5.82 Å². The van der Waals surface area contributed by atoms with E-state index in [1.165, 1.54) is 17.4 Å². The predicted octanol–water partition coefficient (Wildman–Crippen LogP) is 4.77. The first-order valence-electron chi connectivity index (χ1n) is 7.38. The fourth-order valence-corrected chi connectivity index (χ4v) is 4.09. The average molecular weight is 374 g/mol. The van der Waals surface area contributed by atoms with Crippen molar-refractivity contribution in [3.05, 3.63) is 34.5 Å². The Morgan fingerprint density at radius 2 is 2.09 bits per heavy atom. The molecule has 1 saturated carbocycles. The van der Waals surface area contributed by atoms with Crippen LogP contribution in [-0.2, 0) is 0 Å². The van der Waals surface area contributed by atoms with Gasteiger partial charge >= 0.3 is 0 Å². The zero-order chi connectivity index (χ0) is 16.2. The van der Waals surface area contributed by atoms with E-state index >= 15 is 0 Å². The fourth-order valence-electron chi connectivity index (χ4n) is 2.53. The van der Waals surface area contributed by atoms with Crippen LogP contribution in [0.25, 0.3) is 0 Å². The topological polar surface area (TPSA) is 57.2 Å². The summed E-state index contributed by atoms with van der Waals surface area (Å²) < 4.78 is 17.3. The molecule has 1 fully saturated rings. The highest BCUT2D eigenvalue weighted by Gasteiger charge is 2.20. The first-order valence-corrected chi connectivity index (χ1v) is 9.45. The maximum atomic E-state index is 14.3. The maximum Gasteiger partial charge on any atom is 0.192 e. The van der Waals surface area contributed by atoms with Gasteiger partial charge in [0.2, 0.25) is 0 Å². The van der Waals surface area contributed by atoms with Crippen molar-refractivity contribution < 1.29 is 9.50 Å². The first-order chi connectivity index (χ1) is 11.1. The molecule has 0 amide bonds. The number of anilines is 2. The van der Waals surface area contributed by atoms with Gasteiger partial charge in [-0.1, -0.05) is 11.6 Å². The van der Waals surface area contributed by atoms with Gasteiger partial charge < -0.3 is 15.1 Å². The van der Waals surface area contributed by atoms with Crippen LogP contribution in [0.15, 0.2) is 28.6 Å². The average Bonchev–Trinajstić information content (AvgIpc) is 3.05. The molecule has 1 heterocycles. The van der Waals surface area contributed by atoms with Crippen LogP contribution in [0.2, 0.25) is 5.02 Å². The summed E-state index contributed by atoms with van der Waals surface area (Å²) >= 11 is 8.88. The highest BCUT2D eigenvalue weighted by molar-refractivity contribution is 8.00. The minimum absolute atomic E-state index is 0.212. The molecule has 2 aromatic rings. The fraction of sp³-hybridized carbons (Fsp3) is 0.400. The van der Waals surface area contributed by atoms with E-state index in [-0.39, 0.29) is 18.0 Å². The van der Waals surface area contributed by atoms with Crippen LogP contribution in [0.5, 0.6) is 0 Å². The van der Waals surface area contributed by atoms with E-state index in [1.807, 2.05) is 5.38 Å². The number of halogens is 2. The normalized spacial score (nSPS) is 21.2. The summed E-state index contributed by atoms with van der Waals surface area (Å²) in [6.07, 6.45) is 4.73. The van der Waals surface area contributed by atoms with Gasteiger partial charge in [0, 0.05) is 17.6 Å². The summed E-state index contributed by atoms with van der Waals surface area (Å²) in [5, 5.41) is 15.9. The molecule has 1 aliphatic rings. The largest absolute Gasteiger partial charge is 0.393 e. The van der Waals surface area contributed by atoms with Crippen molar-refractivity contribution in [2.24, 2.45) is 0 Å². The van der Waals surface area contributed by atoms with Crippen molar-refractivity contribution in [1.29, 1.82) is 0 Å². The number of hydrogen-bond acceptors (Lipinski definition) is 6. The van der Waals surface area contributed by atoms with Crippen LogP contribution in [0.3, 0.4) is 0 Å². The molecule has 3 N–H and O–H groups in total. The third-order valence-electron chi connectivity index (χ3n) is 3.76. The number of nitrogens with zero attached hydrogens (tertiary/aromatic N) is 1. The molecule has 8 heteroatoms. The molecule has 1 aromatic heterocycles. The Bertz CT molecular complexity index is 648. The van der Waals surface area contributed by atoms with Gasteiger partial charge in [0.15, 0.2) is 5.13 Å². The van der Waals surface area contributed by atoms with Crippen LogP contribution < -0.4 is 10.0 Å².